The van der Waals surface area contributed by atoms with Gasteiger partial charge in [-0.3, -0.25) is 0 Å². The molecule has 0 saturated heterocycles. The van der Waals surface area contributed by atoms with Crippen molar-refractivity contribution in [2.75, 3.05) is 13.2 Å². The number of hydrogen-bond donors (Lipinski definition) is 1. The summed E-state index contributed by atoms with van der Waals surface area (Å²) in [6.45, 7) is 4.71. The third-order valence-corrected chi connectivity index (χ3v) is 2.21. The summed E-state index contributed by atoms with van der Waals surface area (Å²) in [4.78, 5) is 11.2. The first-order chi connectivity index (χ1) is 8.20. The van der Waals surface area contributed by atoms with Gasteiger partial charge in [0.2, 0.25) is 0 Å². The molecule has 0 aliphatic heterocycles. The van der Waals surface area contributed by atoms with Gasteiger partial charge in [-0.25, -0.2) is 4.79 Å². The van der Waals surface area contributed by atoms with Gasteiger partial charge in [0.15, 0.2) is 6.10 Å². The van der Waals surface area contributed by atoms with Crippen molar-refractivity contribution < 1.29 is 19.4 Å². The van der Waals surface area contributed by atoms with Crippen molar-refractivity contribution in [3.63, 3.8) is 0 Å². The molecule has 0 bridgehead atoms. The molecule has 0 amide bonds. The topological polar surface area (TPSA) is 55.8 Å². The summed E-state index contributed by atoms with van der Waals surface area (Å²) in [5, 5.41) is 9.17. The van der Waals surface area contributed by atoms with E-state index in [1.165, 1.54) is 0 Å². The summed E-state index contributed by atoms with van der Waals surface area (Å²) in [7, 11) is 0. The SMILES string of the molecule is CCCOC(C(=O)O)c1ccccc1OCC. The zero-order valence-electron chi connectivity index (χ0n) is 10.2. The Hall–Kier alpha value is -1.55. The third kappa shape index (κ3) is 3.75. The van der Waals surface area contributed by atoms with Crippen molar-refractivity contribution in [3.05, 3.63) is 29.8 Å². The maximum atomic E-state index is 11.2. The molecule has 4 nitrogen and oxygen atoms in total. The Balaban J connectivity index is 2.95. The standard InChI is InChI=1S/C13H18O4/c1-3-9-17-12(13(14)15)10-7-5-6-8-11(10)16-4-2/h5-8,12H,3-4,9H2,1-2H3,(H,14,15). The minimum atomic E-state index is -0.995. The predicted molar refractivity (Wildman–Crippen MR) is 64.2 cm³/mol. The van der Waals surface area contributed by atoms with Gasteiger partial charge in [-0.05, 0) is 19.4 Å². The molecule has 1 aromatic carbocycles. The van der Waals surface area contributed by atoms with Crippen LogP contribution in [0.4, 0.5) is 0 Å². The highest BCUT2D eigenvalue weighted by Gasteiger charge is 2.23. The van der Waals surface area contributed by atoms with Crippen molar-refractivity contribution in [2.45, 2.75) is 26.4 Å². The smallest absolute Gasteiger partial charge is 0.337 e. The van der Waals surface area contributed by atoms with Crippen molar-refractivity contribution >= 4 is 5.97 Å². The molecule has 0 aliphatic carbocycles. The van der Waals surface area contributed by atoms with Crippen LogP contribution in [0, 0.1) is 0 Å². The van der Waals surface area contributed by atoms with Crippen molar-refractivity contribution in [3.8, 4) is 5.75 Å². The first kappa shape index (κ1) is 13.5. The van der Waals surface area contributed by atoms with E-state index < -0.39 is 12.1 Å². The van der Waals surface area contributed by atoms with Crippen LogP contribution >= 0.6 is 0 Å². The molecule has 1 N–H and O–H groups in total. The molecule has 1 unspecified atom stereocenters. The molecule has 0 heterocycles. The summed E-state index contributed by atoms with van der Waals surface area (Å²) >= 11 is 0. The Morgan fingerprint density at radius 3 is 2.65 bits per heavy atom. The van der Waals surface area contributed by atoms with E-state index in [0.717, 1.165) is 6.42 Å². The Morgan fingerprint density at radius 1 is 1.35 bits per heavy atom. The van der Waals surface area contributed by atoms with Gasteiger partial charge in [-0.2, -0.15) is 0 Å². The predicted octanol–water partition coefficient (Wildman–Crippen LogP) is 2.64. The van der Waals surface area contributed by atoms with Crippen LogP contribution < -0.4 is 4.74 Å². The molecule has 0 radical (unpaired) electrons. The lowest BCUT2D eigenvalue weighted by atomic mass is 10.1. The number of hydrogen-bond acceptors (Lipinski definition) is 3. The number of carboxylic acids is 1. The summed E-state index contributed by atoms with van der Waals surface area (Å²) in [5.41, 5.74) is 0.565. The first-order valence-corrected chi connectivity index (χ1v) is 5.76. The van der Waals surface area contributed by atoms with Crippen LogP contribution in [-0.4, -0.2) is 24.3 Å². The lowest BCUT2D eigenvalue weighted by Crippen LogP contribution is -2.17. The molecule has 1 rings (SSSR count). The Kier molecular flexibility index (Phi) is 5.49. The summed E-state index contributed by atoms with van der Waals surface area (Å²) < 4.78 is 10.8. The van der Waals surface area contributed by atoms with Crippen LogP contribution in [0.15, 0.2) is 24.3 Å². The van der Waals surface area contributed by atoms with Crippen LogP contribution in [0.1, 0.15) is 31.9 Å². The maximum absolute atomic E-state index is 11.2. The molecule has 17 heavy (non-hydrogen) atoms. The summed E-state index contributed by atoms with van der Waals surface area (Å²) in [6, 6.07) is 7.07. The van der Waals surface area contributed by atoms with Gasteiger partial charge in [0.05, 0.1) is 6.61 Å². The third-order valence-electron chi connectivity index (χ3n) is 2.21. The van der Waals surface area contributed by atoms with Crippen LogP contribution in [0.2, 0.25) is 0 Å². The second kappa shape index (κ2) is 6.91. The Morgan fingerprint density at radius 2 is 2.06 bits per heavy atom. The number of aliphatic carboxylic acids is 1. The van der Waals surface area contributed by atoms with Gasteiger partial charge in [-0.1, -0.05) is 25.1 Å². The average Bonchev–Trinajstić information content (AvgIpc) is 2.31. The molecule has 0 saturated carbocycles. The zero-order valence-corrected chi connectivity index (χ0v) is 10.2. The largest absolute Gasteiger partial charge is 0.493 e. The minimum Gasteiger partial charge on any atom is -0.493 e. The molecule has 0 spiro atoms. The lowest BCUT2D eigenvalue weighted by Gasteiger charge is -2.17. The molecule has 0 aromatic heterocycles. The van der Waals surface area contributed by atoms with Crippen molar-refractivity contribution in [1.29, 1.82) is 0 Å². The minimum absolute atomic E-state index is 0.414. The molecule has 4 heteroatoms. The molecule has 0 aliphatic rings. The molecule has 1 atom stereocenters. The number of benzene rings is 1. The monoisotopic (exact) mass is 238 g/mol. The highest BCUT2D eigenvalue weighted by molar-refractivity contribution is 5.75. The van der Waals surface area contributed by atoms with Gasteiger partial charge in [-0.15, -0.1) is 0 Å². The fraction of sp³-hybridized carbons (Fsp3) is 0.462. The van der Waals surface area contributed by atoms with E-state index in [2.05, 4.69) is 0 Å². The second-order valence-electron chi connectivity index (χ2n) is 3.56. The quantitative estimate of drug-likeness (QED) is 0.793. The fourth-order valence-corrected chi connectivity index (χ4v) is 1.51. The van der Waals surface area contributed by atoms with E-state index in [4.69, 9.17) is 14.6 Å². The summed E-state index contributed by atoms with van der Waals surface area (Å²) in [5.74, 6) is -0.427. The number of carbonyl (C=O) groups is 1. The Bertz CT molecular complexity index is 362. The van der Waals surface area contributed by atoms with E-state index >= 15 is 0 Å². The van der Waals surface area contributed by atoms with Crippen molar-refractivity contribution in [1.82, 2.24) is 0 Å². The highest BCUT2D eigenvalue weighted by Crippen LogP contribution is 2.28. The van der Waals surface area contributed by atoms with Crippen molar-refractivity contribution in [2.24, 2.45) is 0 Å². The first-order valence-electron chi connectivity index (χ1n) is 5.76. The van der Waals surface area contributed by atoms with E-state index in [1.807, 2.05) is 19.9 Å². The van der Waals surface area contributed by atoms with E-state index in [1.54, 1.807) is 18.2 Å². The molecular formula is C13H18O4. The molecule has 0 fully saturated rings. The lowest BCUT2D eigenvalue weighted by molar-refractivity contribution is -0.151. The molecular weight excluding hydrogens is 220 g/mol. The molecule has 94 valence electrons. The summed E-state index contributed by atoms with van der Waals surface area (Å²) in [6.07, 6.45) is -0.182. The van der Waals surface area contributed by atoms with Crippen LogP contribution in [0.5, 0.6) is 5.75 Å². The second-order valence-corrected chi connectivity index (χ2v) is 3.56. The van der Waals surface area contributed by atoms with Gasteiger partial charge < -0.3 is 14.6 Å². The normalized spacial score (nSPS) is 12.1. The van der Waals surface area contributed by atoms with E-state index in [-0.39, 0.29) is 0 Å². The van der Waals surface area contributed by atoms with E-state index in [9.17, 15) is 4.79 Å². The van der Waals surface area contributed by atoms with Gasteiger partial charge in [0, 0.05) is 12.2 Å². The van der Waals surface area contributed by atoms with Gasteiger partial charge >= 0.3 is 5.97 Å². The van der Waals surface area contributed by atoms with Crippen LogP contribution in [-0.2, 0) is 9.53 Å². The van der Waals surface area contributed by atoms with E-state index in [0.29, 0.717) is 24.5 Å². The van der Waals surface area contributed by atoms with Gasteiger partial charge in [0.1, 0.15) is 5.75 Å². The number of rotatable bonds is 7. The highest BCUT2D eigenvalue weighted by atomic mass is 16.5. The van der Waals surface area contributed by atoms with Gasteiger partial charge in [0.25, 0.3) is 0 Å². The maximum Gasteiger partial charge on any atom is 0.337 e. The number of para-hydroxylation sites is 1. The number of carboxylic acid groups (broad SMARTS) is 1. The molecule has 1 aromatic rings. The van der Waals surface area contributed by atoms with Crippen LogP contribution in [0.3, 0.4) is 0 Å². The fourth-order valence-electron chi connectivity index (χ4n) is 1.51. The van der Waals surface area contributed by atoms with Crippen LogP contribution in [0.25, 0.3) is 0 Å². The Labute approximate surface area is 101 Å². The zero-order chi connectivity index (χ0) is 12.7. The average molecular weight is 238 g/mol. The number of ether oxygens (including phenoxy) is 2.